The minimum absolute atomic E-state index is 0.265. The summed E-state index contributed by atoms with van der Waals surface area (Å²) in [7, 11) is 2.03. The van der Waals surface area contributed by atoms with E-state index in [1.54, 1.807) is 0 Å². The fourth-order valence-corrected chi connectivity index (χ4v) is 2.89. The maximum atomic E-state index is 5.79. The molecule has 1 heterocycles. The third kappa shape index (κ3) is 2.53. The van der Waals surface area contributed by atoms with Crippen molar-refractivity contribution in [1.29, 1.82) is 0 Å². The maximum absolute atomic E-state index is 5.79. The van der Waals surface area contributed by atoms with E-state index in [4.69, 9.17) is 4.74 Å². The molecule has 0 spiro atoms. The average molecular weight is 233 g/mol. The lowest BCUT2D eigenvalue weighted by atomic mass is 9.75. The molecule has 0 aromatic heterocycles. The minimum atomic E-state index is 0.265. The van der Waals surface area contributed by atoms with Gasteiger partial charge >= 0.3 is 0 Å². The van der Waals surface area contributed by atoms with Gasteiger partial charge < -0.3 is 10.1 Å². The highest BCUT2D eigenvalue weighted by atomic mass is 16.5. The molecule has 2 nitrogen and oxygen atoms in total. The highest BCUT2D eigenvalue weighted by Gasteiger charge is 2.41. The van der Waals surface area contributed by atoms with Crippen LogP contribution in [0.2, 0.25) is 0 Å². The van der Waals surface area contributed by atoms with E-state index in [0.29, 0.717) is 6.10 Å². The van der Waals surface area contributed by atoms with Crippen LogP contribution in [0.25, 0.3) is 0 Å². The molecule has 0 bridgehead atoms. The van der Waals surface area contributed by atoms with E-state index in [9.17, 15) is 0 Å². The summed E-state index contributed by atoms with van der Waals surface area (Å²) in [5.41, 5.74) is 3.11. The number of nitrogens with one attached hydrogen (secondary N) is 1. The Morgan fingerprint density at radius 1 is 1.41 bits per heavy atom. The SMILES string of the molecule is CNCC1(Cc2ccccc2C)CCOC1C. The highest BCUT2D eigenvalue weighted by molar-refractivity contribution is 5.27. The van der Waals surface area contributed by atoms with E-state index in [-0.39, 0.29) is 5.41 Å². The van der Waals surface area contributed by atoms with Crippen molar-refractivity contribution in [2.24, 2.45) is 5.41 Å². The van der Waals surface area contributed by atoms with Gasteiger partial charge in [0, 0.05) is 18.6 Å². The molecule has 17 heavy (non-hydrogen) atoms. The number of ether oxygens (including phenoxy) is 1. The van der Waals surface area contributed by atoms with Crippen LogP contribution in [0.1, 0.15) is 24.5 Å². The van der Waals surface area contributed by atoms with E-state index in [1.165, 1.54) is 11.1 Å². The topological polar surface area (TPSA) is 21.3 Å². The van der Waals surface area contributed by atoms with Gasteiger partial charge in [-0.25, -0.2) is 0 Å². The summed E-state index contributed by atoms with van der Waals surface area (Å²) in [4.78, 5) is 0. The Hall–Kier alpha value is -0.860. The smallest absolute Gasteiger partial charge is 0.0619 e. The van der Waals surface area contributed by atoms with Gasteiger partial charge in [-0.05, 0) is 44.9 Å². The van der Waals surface area contributed by atoms with Gasteiger partial charge in [-0.1, -0.05) is 24.3 Å². The molecule has 2 rings (SSSR count). The number of hydrogen-bond donors (Lipinski definition) is 1. The summed E-state index contributed by atoms with van der Waals surface area (Å²) in [5.74, 6) is 0. The van der Waals surface area contributed by atoms with E-state index >= 15 is 0 Å². The first-order valence-electron chi connectivity index (χ1n) is 6.49. The summed E-state index contributed by atoms with van der Waals surface area (Å²) < 4.78 is 5.79. The zero-order valence-electron chi connectivity index (χ0n) is 11.1. The minimum Gasteiger partial charge on any atom is -0.378 e. The van der Waals surface area contributed by atoms with E-state index < -0.39 is 0 Å². The molecule has 0 saturated carbocycles. The predicted molar refractivity (Wildman–Crippen MR) is 71.3 cm³/mol. The molecule has 1 aromatic rings. The number of rotatable bonds is 4. The summed E-state index contributed by atoms with van der Waals surface area (Å²) in [6.45, 7) is 6.34. The molecule has 1 aromatic carbocycles. The van der Waals surface area contributed by atoms with Crippen LogP contribution >= 0.6 is 0 Å². The molecular formula is C15H23NO. The van der Waals surface area contributed by atoms with Crippen LogP contribution in [-0.2, 0) is 11.2 Å². The second-order valence-electron chi connectivity index (χ2n) is 5.26. The second kappa shape index (κ2) is 5.19. The van der Waals surface area contributed by atoms with E-state index in [2.05, 4.69) is 43.4 Å². The predicted octanol–water partition coefficient (Wildman–Crippen LogP) is 2.55. The molecule has 1 aliphatic heterocycles. The number of hydrogen-bond acceptors (Lipinski definition) is 2. The Balaban J connectivity index is 2.21. The van der Waals surface area contributed by atoms with Crippen LogP contribution in [-0.4, -0.2) is 26.3 Å². The molecule has 0 aliphatic carbocycles. The lowest BCUT2D eigenvalue weighted by Gasteiger charge is -2.32. The summed E-state index contributed by atoms with van der Waals surface area (Å²) in [5, 5.41) is 3.34. The number of aryl methyl sites for hydroxylation is 1. The third-order valence-electron chi connectivity index (χ3n) is 4.16. The van der Waals surface area contributed by atoms with Gasteiger partial charge in [0.15, 0.2) is 0 Å². The third-order valence-corrected chi connectivity index (χ3v) is 4.16. The van der Waals surface area contributed by atoms with Gasteiger partial charge in [-0.2, -0.15) is 0 Å². The standard InChI is InChI=1S/C15H23NO/c1-12-6-4-5-7-14(12)10-15(11-16-3)8-9-17-13(15)2/h4-7,13,16H,8-11H2,1-3H3. The monoisotopic (exact) mass is 233 g/mol. The fourth-order valence-electron chi connectivity index (χ4n) is 2.89. The molecule has 0 amide bonds. The first-order valence-corrected chi connectivity index (χ1v) is 6.49. The first-order chi connectivity index (χ1) is 8.18. The van der Waals surface area contributed by atoms with Crippen LogP contribution in [0, 0.1) is 12.3 Å². The molecule has 1 N–H and O–H groups in total. The van der Waals surface area contributed by atoms with Crippen LogP contribution in [0.3, 0.4) is 0 Å². The molecule has 1 aliphatic rings. The normalized spacial score (nSPS) is 28.5. The maximum Gasteiger partial charge on any atom is 0.0619 e. The van der Waals surface area contributed by atoms with Crippen molar-refractivity contribution in [3.8, 4) is 0 Å². The summed E-state index contributed by atoms with van der Waals surface area (Å²) in [6.07, 6.45) is 2.61. The van der Waals surface area contributed by atoms with Crippen LogP contribution in [0.15, 0.2) is 24.3 Å². The Labute approximate surface area is 104 Å². The molecule has 1 saturated heterocycles. The van der Waals surface area contributed by atoms with Crippen molar-refractivity contribution in [2.75, 3.05) is 20.2 Å². The Bertz CT molecular complexity index is 377. The van der Waals surface area contributed by atoms with E-state index in [0.717, 1.165) is 26.0 Å². The first kappa shape index (κ1) is 12.6. The van der Waals surface area contributed by atoms with Gasteiger partial charge in [0.25, 0.3) is 0 Å². The van der Waals surface area contributed by atoms with Crippen molar-refractivity contribution >= 4 is 0 Å². The lowest BCUT2D eigenvalue weighted by molar-refractivity contribution is 0.0639. The highest BCUT2D eigenvalue weighted by Crippen LogP contribution is 2.38. The van der Waals surface area contributed by atoms with Gasteiger partial charge in [0.05, 0.1) is 6.10 Å². The van der Waals surface area contributed by atoms with Crippen molar-refractivity contribution in [2.45, 2.75) is 32.8 Å². The Kier molecular flexibility index (Phi) is 3.85. The molecule has 1 fully saturated rings. The molecule has 2 heteroatoms. The second-order valence-corrected chi connectivity index (χ2v) is 5.26. The van der Waals surface area contributed by atoms with Gasteiger partial charge in [-0.15, -0.1) is 0 Å². The number of benzene rings is 1. The van der Waals surface area contributed by atoms with Crippen LogP contribution in [0.5, 0.6) is 0 Å². The molecule has 0 radical (unpaired) electrons. The molecule has 2 atom stereocenters. The quantitative estimate of drug-likeness (QED) is 0.863. The summed E-state index contributed by atoms with van der Waals surface area (Å²) in [6, 6.07) is 8.69. The van der Waals surface area contributed by atoms with Crippen LogP contribution < -0.4 is 5.32 Å². The lowest BCUT2D eigenvalue weighted by Crippen LogP contribution is -2.40. The summed E-state index contributed by atoms with van der Waals surface area (Å²) >= 11 is 0. The Morgan fingerprint density at radius 2 is 2.18 bits per heavy atom. The Morgan fingerprint density at radius 3 is 2.76 bits per heavy atom. The molecule has 2 unspecified atom stereocenters. The fraction of sp³-hybridized carbons (Fsp3) is 0.600. The molecular weight excluding hydrogens is 210 g/mol. The van der Waals surface area contributed by atoms with Crippen molar-refractivity contribution in [3.63, 3.8) is 0 Å². The van der Waals surface area contributed by atoms with Crippen LogP contribution in [0.4, 0.5) is 0 Å². The zero-order chi connectivity index (χ0) is 12.3. The van der Waals surface area contributed by atoms with Gasteiger partial charge in [0.2, 0.25) is 0 Å². The van der Waals surface area contributed by atoms with Gasteiger partial charge in [0.1, 0.15) is 0 Å². The van der Waals surface area contributed by atoms with Crippen molar-refractivity contribution in [3.05, 3.63) is 35.4 Å². The van der Waals surface area contributed by atoms with Crippen molar-refractivity contribution < 1.29 is 4.74 Å². The molecule has 94 valence electrons. The largest absolute Gasteiger partial charge is 0.378 e. The van der Waals surface area contributed by atoms with Gasteiger partial charge in [-0.3, -0.25) is 0 Å². The van der Waals surface area contributed by atoms with E-state index in [1.807, 2.05) is 7.05 Å². The zero-order valence-corrected chi connectivity index (χ0v) is 11.1. The average Bonchev–Trinajstić information content (AvgIpc) is 2.65. The van der Waals surface area contributed by atoms with Crippen molar-refractivity contribution in [1.82, 2.24) is 5.32 Å².